The van der Waals surface area contributed by atoms with Crippen LogP contribution in [0.4, 0.5) is 55.2 Å². The zero-order valence-electron chi connectivity index (χ0n) is 24.4. The fraction of sp³-hybridized carbons (Fsp3) is 0.156. The van der Waals surface area contributed by atoms with E-state index in [0.717, 1.165) is 51.9 Å². The highest BCUT2D eigenvalue weighted by Gasteiger charge is 2.54. The van der Waals surface area contributed by atoms with Crippen molar-refractivity contribution in [2.24, 2.45) is 0 Å². The fourth-order valence-corrected chi connectivity index (χ4v) is 4.91. The van der Waals surface area contributed by atoms with E-state index in [9.17, 15) is 40.7 Å². The Balaban J connectivity index is 0.000000323. The molecule has 2 aromatic heterocycles. The van der Waals surface area contributed by atoms with Gasteiger partial charge in [-0.05, 0) is 65.9 Å². The molecule has 48 heavy (non-hydrogen) atoms. The number of anilines is 5. The molecular weight excluding hydrogens is 666 g/mol. The van der Waals surface area contributed by atoms with Gasteiger partial charge in [0, 0.05) is 34.2 Å². The zero-order chi connectivity index (χ0) is 34.6. The standard InChI is InChI=1S/C28H23ClN6O.C4F6O2/c29-23-16-31-28-33-20-5-3-4-17(12-20)8-9-18-13-21(32-27(23)35-28)10-11-24(18)34-26(36)14-19-15-30-25-7-2-1-6-22(19)25;5-3(6,7)1(11)2(12)4(8,9)10/h1-7,10-13,15-16,30H,8-9,14H2,(H,34,36)(H2,31,32,33,35);. The lowest BCUT2D eigenvalue weighted by Crippen LogP contribution is -2.39. The molecule has 1 aliphatic heterocycles. The molecule has 1 amide bonds. The van der Waals surface area contributed by atoms with Gasteiger partial charge >= 0.3 is 23.9 Å². The van der Waals surface area contributed by atoms with Gasteiger partial charge in [-0.2, -0.15) is 31.3 Å². The third-order valence-corrected chi connectivity index (χ3v) is 7.28. The lowest BCUT2D eigenvalue weighted by Gasteiger charge is -2.14. The van der Waals surface area contributed by atoms with E-state index in [1.165, 1.54) is 5.56 Å². The highest BCUT2D eigenvalue weighted by Crippen LogP contribution is 2.30. The predicted octanol–water partition coefficient (Wildman–Crippen LogP) is 7.63. The lowest BCUT2D eigenvalue weighted by molar-refractivity contribution is -0.193. The number of carbonyl (C=O) groups is 3. The predicted molar refractivity (Wildman–Crippen MR) is 167 cm³/mol. The molecule has 6 bridgehead atoms. The van der Waals surface area contributed by atoms with E-state index in [0.29, 0.717) is 16.8 Å². The maximum atomic E-state index is 13.0. The monoisotopic (exact) mass is 688 g/mol. The molecule has 0 atom stereocenters. The van der Waals surface area contributed by atoms with E-state index in [4.69, 9.17) is 11.6 Å². The quantitative estimate of drug-likeness (QED) is 0.113. The first kappa shape index (κ1) is 33.9. The van der Waals surface area contributed by atoms with Gasteiger partial charge in [-0.3, -0.25) is 14.4 Å². The summed E-state index contributed by atoms with van der Waals surface area (Å²) < 4.78 is 67.0. The zero-order valence-corrected chi connectivity index (χ0v) is 25.1. The van der Waals surface area contributed by atoms with Crippen LogP contribution in [0.1, 0.15) is 16.7 Å². The number of hydrogen-bond acceptors (Lipinski definition) is 7. The number of ketones is 2. The highest BCUT2D eigenvalue weighted by atomic mass is 35.5. The number of nitrogens with one attached hydrogen (secondary N) is 4. The minimum atomic E-state index is -5.77. The third kappa shape index (κ3) is 8.28. The molecule has 3 heterocycles. The summed E-state index contributed by atoms with van der Waals surface area (Å²) >= 11 is 6.37. The summed E-state index contributed by atoms with van der Waals surface area (Å²) in [6.45, 7) is 0. The van der Waals surface area contributed by atoms with Crippen LogP contribution in [-0.4, -0.2) is 44.8 Å². The number of carbonyl (C=O) groups excluding carboxylic acids is 3. The molecule has 5 aromatic rings. The number of aromatic nitrogens is 3. The largest absolute Gasteiger partial charge is 0.458 e. The van der Waals surface area contributed by atoms with Gasteiger partial charge in [-0.25, -0.2) is 4.98 Å². The van der Waals surface area contributed by atoms with Crippen LogP contribution in [0.15, 0.2) is 79.1 Å². The average Bonchev–Trinajstić information content (AvgIpc) is 3.43. The Bertz CT molecular complexity index is 1990. The van der Waals surface area contributed by atoms with Crippen LogP contribution in [0.5, 0.6) is 0 Å². The second-order valence-electron chi connectivity index (χ2n) is 10.5. The van der Waals surface area contributed by atoms with Crippen LogP contribution in [0.3, 0.4) is 0 Å². The number of aromatic amines is 1. The molecule has 0 aliphatic carbocycles. The minimum Gasteiger partial charge on any atom is -0.361 e. The molecular formula is C32H23ClF6N6O3. The van der Waals surface area contributed by atoms with Gasteiger partial charge in [0.25, 0.3) is 0 Å². The van der Waals surface area contributed by atoms with Gasteiger partial charge in [0.15, 0.2) is 5.82 Å². The summed E-state index contributed by atoms with van der Waals surface area (Å²) in [4.78, 5) is 44.3. The number of benzene rings is 3. The molecule has 4 N–H and O–H groups in total. The Morgan fingerprint density at radius 1 is 0.833 bits per heavy atom. The van der Waals surface area contributed by atoms with Crippen LogP contribution in [-0.2, 0) is 33.6 Å². The van der Waals surface area contributed by atoms with Gasteiger partial charge in [-0.15, -0.1) is 0 Å². The number of para-hydroxylation sites is 1. The van der Waals surface area contributed by atoms with Crippen molar-refractivity contribution in [1.29, 1.82) is 0 Å². The van der Waals surface area contributed by atoms with Crippen molar-refractivity contribution in [3.8, 4) is 0 Å². The number of amides is 1. The van der Waals surface area contributed by atoms with Gasteiger partial charge < -0.3 is 20.9 Å². The van der Waals surface area contributed by atoms with Crippen LogP contribution in [0.2, 0.25) is 5.02 Å². The summed E-state index contributed by atoms with van der Waals surface area (Å²) in [5.41, 5.74) is 6.72. The van der Waals surface area contributed by atoms with Crippen molar-refractivity contribution < 1.29 is 40.7 Å². The number of hydrogen-bond donors (Lipinski definition) is 4. The number of H-pyrrole nitrogens is 1. The maximum absolute atomic E-state index is 13.0. The fourth-order valence-electron chi connectivity index (χ4n) is 4.77. The van der Waals surface area contributed by atoms with Crippen molar-refractivity contribution in [3.05, 3.63) is 101 Å². The second-order valence-corrected chi connectivity index (χ2v) is 10.9. The van der Waals surface area contributed by atoms with E-state index < -0.39 is 23.9 Å². The number of Topliss-reactive ketones (excluding diaryl/α,β-unsaturated/α-hetero) is 2. The molecule has 0 unspecified atom stereocenters. The van der Waals surface area contributed by atoms with Gasteiger partial charge in [0.05, 0.1) is 12.6 Å². The van der Waals surface area contributed by atoms with Gasteiger partial charge in [0.2, 0.25) is 11.9 Å². The normalized spacial score (nSPS) is 12.6. The smallest absolute Gasteiger partial charge is 0.361 e. The number of aryl methyl sites for hydroxylation is 2. The van der Waals surface area contributed by atoms with Crippen molar-refractivity contribution >= 4 is 68.8 Å². The summed E-state index contributed by atoms with van der Waals surface area (Å²) in [6, 6.07) is 22.0. The van der Waals surface area contributed by atoms with Gasteiger partial charge in [-0.1, -0.05) is 41.9 Å². The number of nitrogens with zero attached hydrogens (tertiary/aromatic N) is 2. The van der Waals surface area contributed by atoms with E-state index in [-0.39, 0.29) is 12.3 Å². The number of halogens is 7. The molecule has 0 fully saturated rings. The molecule has 9 nitrogen and oxygen atoms in total. The van der Waals surface area contributed by atoms with Gasteiger partial charge in [0.1, 0.15) is 5.02 Å². The van der Waals surface area contributed by atoms with Crippen LogP contribution in [0.25, 0.3) is 10.9 Å². The lowest BCUT2D eigenvalue weighted by atomic mass is 10.0. The Morgan fingerprint density at radius 2 is 1.54 bits per heavy atom. The van der Waals surface area contributed by atoms with E-state index in [2.05, 4.69) is 43.0 Å². The molecule has 248 valence electrons. The first-order valence-corrected chi connectivity index (χ1v) is 14.4. The first-order chi connectivity index (χ1) is 22.7. The SMILES string of the molecule is O=C(C(=O)C(F)(F)F)C(F)(F)F.O=C(Cc1c[nH]c2ccccc12)Nc1ccc2cc1CCc1cccc(c1)Nc1ncc(Cl)c(n1)N2. The Kier molecular flexibility index (Phi) is 9.70. The van der Waals surface area contributed by atoms with Crippen molar-refractivity contribution in [3.63, 3.8) is 0 Å². The maximum Gasteiger partial charge on any atom is 0.458 e. The molecule has 0 saturated carbocycles. The van der Waals surface area contributed by atoms with Crippen LogP contribution in [0, 0.1) is 0 Å². The van der Waals surface area contributed by atoms with Crippen LogP contribution < -0.4 is 16.0 Å². The second kappa shape index (κ2) is 13.7. The van der Waals surface area contributed by atoms with Crippen molar-refractivity contribution in [2.75, 3.05) is 16.0 Å². The van der Waals surface area contributed by atoms with Crippen molar-refractivity contribution in [1.82, 2.24) is 15.0 Å². The number of rotatable bonds is 4. The third-order valence-electron chi connectivity index (χ3n) is 7.00. The average molecular weight is 689 g/mol. The molecule has 0 saturated heterocycles. The highest BCUT2D eigenvalue weighted by molar-refractivity contribution is 6.41. The van der Waals surface area contributed by atoms with E-state index in [1.807, 2.05) is 60.8 Å². The molecule has 0 radical (unpaired) electrons. The summed E-state index contributed by atoms with van der Waals surface area (Å²) in [5, 5.41) is 11.2. The molecule has 1 aliphatic rings. The molecule has 0 spiro atoms. The Morgan fingerprint density at radius 3 is 2.27 bits per heavy atom. The topological polar surface area (TPSA) is 129 Å². The van der Waals surface area contributed by atoms with E-state index >= 15 is 0 Å². The summed E-state index contributed by atoms with van der Waals surface area (Å²) in [7, 11) is 0. The Hall–Kier alpha value is -5.44. The van der Waals surface area contributed by atoms with Crippen molar-refractivity contribution in [2.45, 2.75) is 31.6 Å². The minimum absolute atomic E-state index is 0.0608. The van der Waals surface area contributed by atoms with Crippen LogP contribution >= 0.6 is 11.6 Å². The Labute approximate surface area is 272 Å². The number of alkyl halides is 6. The first-order valence-electron chi connectivity index (χ1n) is 14.0. The summed E-state index contributed by atoms with van der Waals surface area (Å²) in [5.74, 6) is -5.91. The summed E-state index contributed by atoms with van der Waals surface area (Å²) in [6.07, 6.45) is -6.22. The van der Waals surface area contributed by atoms with E-state index in [1.54, 1.807) is 6.20 Å². The molecule has 3 aromatic carbocycles. The molecule has 6 rings (SSSR count). The number of fused-ring (bicyclic) bond motifs is 7. The molecule has 16 heteroatoms.